The van der Waals surface area contributed by atoms with Crippen LogP contribution >= 0.6 is 0 Å². The fourth-order valence-electron chi connectivity index (χ4n) is 5.17. The summed E-state index contributed by atoms with van der Waals surface area (Å²) in [6.45, 7) is 0.220. The maximum atomic E-state index is 12.6. The summed E-state index contributed by atoms with van der Waals surface area (Å²) in [5, 5.41) is 4.70. The van der Waals surface area contributed by atoms with Crippen molar-refractivity contribution in [1.29, 1.82) is 0 Å². The maximum absolute atomic E-state index is 12.6. The van der Waals surface area contributed by atoms with Gasteiger partial charge in [0.25, 0.3) is 0 Å². The van der Waals surface area contributed by atoms with Crippen LogP contribution in [0.1, 0.15) is 44.9 Å². The highest BCUT2D eigenvalue weighted by Gasteiger charge is 2.54. The number of hydrogen-bond donors (Lipinski definition) is 2. The van der Waals surface area contributed by atoms with Crippen molar-refractivity contribution in [2.75, 3.05) is 13.1 Å². The highest BCUT2D eigenvalue weighted by Crippen LogP contribution is 2.60. The van der Waals surface area contributed by atoms with Gasteiger partial charge in [0.05, 0.1) is 0 Å². The van der Waals surface area contributed by atoms with Crippen molar-refractivity contribution in [3.8, 4) is 0 Å². The maximum Gasteiger partial charge on any atom is 0.471 e. The second-order valence-electron chi connectivity index (χ2n) is 7.56. The van der Waals surface area contributed by atoms with Gasteiger partial charge in [0.1, 0.15) is 0 Å². The third-order valence-corrected chi connectivity index (χ3v) is 5.70. The zero-order valence-electron chi connectivity index (χ0n) is 13.0. The molecule has 4 aliphatic rings. The average molecular weight is 332 g/mol. The normalized spacial score (nSPS) is 35.2. The standard InChI is InChI=1S/C16H23F3N2O2/c17-16(18,19)14(23)21-3-1-2-20-13(22)15-7-10-4-11(8-15)6-12(5-10)9-15/h10-12H,1-9H2,(H,20,22)(H,21,23). The minimum Gasteiger partial charge on any atom is -0.356 e. The van der Waals surface area contributed by atoms with Crippen molar-refractivity contribution in [1.82, 2.24) is 10.6 Å². The zero-order valence-corrected chi connectivity index (χ0v) is 13.0. The third kappa shape index (κ3) is 3.48. The van der Waals surface area contributed by atoms with Gasteiger partial charge in [0, 0.05) is 18.5 Å². The van der Waals surface area contributed by atoms with Crippen molar-refractivity contribution in [3.63, 3.8) is 0 Å². The van der Waals surface area contributed by atoms with Gasteiger partial charge in [0.2, 0.25) is 5.91 Å². The van der Waals surface area contributed by atoms with Crippen LogP contribution in [0, 0.1) is 23.2 Å². The number of halogens is 3. The molecular formula is C16H23F3N2O2. The molecule has 0 heterocycles. The molecule has 2 N–H and O–H groups in total. The van der Waals surface area contributed by atoms with Gasteiger partial charge >= 0.3 is 12.1 Å². The van der Waals surface area contributed by atoms with Gasteiger partial charge in [-0.3, -0.25) is 9.59 Å². The van der Waals surface area contributed by atoms with Crippen LogP contribution in [0.5, 0.6) is 0 Å². The first kappa shape index (κ1) is 16.6. The molecule has 0 radical (unpaired) electrons. The van der Waals surface area contributed by atoms with E-state index in [-0.39, 0.29) is 17.9 Å². The average Bonchev–Trinajstić information content (AvgIpc) is 2.44. The molecule has 4 rings (SSSR count). The van der Waals surface area contributed by atoms with Crippen LogP contribution in [-0.4, -0.2) is 31.1 Å². The van der Waals surface area contributed by atoms with E-state index in [0.29, 0.717) is 30.7 Å². The quantitative estimate of drug-likeness (QED) is 0.760. The van der Waals surface area contributed by atoms with Gasteiger partial charge in [-0.2, -0.15) is 13.2 Å². The van der Waals surface area contributed by atoms with Gasteiger partial charge in [0.15, 0.2) is 0 Å². The second kappa shape index (κ2) is 5.98. The van der Waals surface area contributed by atoms with Crippen LogP contribution in [-0.2, 0) is 9.59 Å². The van der Waals surface area contributed by atoms with Crippen LogP contribution in [0.15, 0.2) is 0 Å². The first-order chi connectivity index (χ1) is 10.8. The van der Waals surface area contributed by atoms with E-state index in [4.69, 9.17) is 0 Å². The summed E-state index contributed by atoms with van der Waals surface area (Å²) in [6, 6.07) is 0. The van der Waals surface area contributed by atoms with Crippen molar-refractivity contribution >= 4 is 11.8 Å². The predicted molar refractivity (Wildman–Crippen MR) is 77.3 cm³/mol. The molecular weight excluding hydrogens is 309 g/mol. The van der Waals surface area contributed by atoms with Crippen molar-refractivity contribution in [2.45, 2.75) is 51.1 Å². The highest BCUT2D eigenvalue weighted by molar-refractivity contribution is 5.83. The Morgan fingerprint density at radius 3 is 1.87 bits per heavy atom. The van der Waals surface area contributed by atoms with Gasteiger partial charge < -0.3 is 10.6 Å². The summed E-state index contributed by atoms with van der Waals surface area (Å²) in [6.07, 6.45) is 2.14. The molecule has 0 aromatic carbocycles. The summed E-state index contributed by atoms with van der Waals surface area (Å²) >= 11 is 0. The summed E-state index contributed by atoms with van der Waals surface area (Å²) in [5.74, 6) is 0.179. The Labute approximate surface area is 133 Å². The Hall–Kier alpha value is -1.27. The molecule has 4 fully saturated rings. The Bertz CT molecular complexity index is 455. The van der Waals surface area contributed by atoms with E-state index in [2.05, 4.69) is 5.32 Å². The monoisotopic (exact) mass is 332 g/mol. The van der Waals surface area contributed by atoms with Crippen LogP contribution in [0.3, 0.4) is 0 Å². The molecule has 0 aliphatic heterocycles. The summed E-state index contributed by atoms with van der Waals surface area (Å²) in [7, 11) is 0. The predicted octanol–water partition coefficient (Wildman–Crippen LogP) is 2.39. The molecule has 2 amide bonds. The van der Waals surface area contributed by atoms with Crippen molar-refractivity contribution < 1.29 is 22.8 Å². The summed E-state index contributed by atoms with van der Waals surface area (Å²) in [5.41, 5.74) is -0.232. The van der Waals surface area contributed by atoms with Gasteiger partial charge in [-0.25, -0.2) is 0 Å². The molecule has 0 saturated heterocycles. The largest absolute Gasteiger partial charge is 0.471 e. The lowest BCUT2D eigenvalue weighted by Gasteiger charge is -2.55. The molecule has 0 aromatic rings. The van der Waals surface area contributed by atoms with Crippen LogP contribution in [0.2, 0.25) is 0 Å². The molecule has 130 valence electrons. The van der Waals surface area contributed by atoms with E-state index in [9.17, 15) is 22.8 Å². The van der Waals surface area contributed by atoms with E-state index < -0.39 is 12.1 Å². The minimum atomic E-state index is -4.84. The van der Waals surface area contributed by atoms with Crippen LogP contribution in [0.4, 0.5) is 13.2 Å². The first-order valence-electron chi connectivity index (χ1n) is 8.42. The smallest absolute Gasteiger partial charge is 0.356 e. The molecule has 0 spiro atoms. The molecule has 4 saturated carbocycles. The number of rotatable bonds is 5. The van der Waals surface area contributed by atoms with Crippen molar-refractivity contribution in [3.05, 3.63) is 0 Å². The Morgan fingerprint density at radius 1 is 0.913 bits per heavy atom. The lowest BCUT2D eigenvalue weighted by Crippen LogP contribution is -2.53. The Kier molecular flexibility index (Phi) is 4.31. The molecule has 0 unspecified atom stereocenters. The SMILES string of the molecule is O=C(NCCCNC(=O)C12CC3CC(CC(C3)C1)C2)C(F)(F)F. The number of carbonyl (C=O) groups is 2. The van der Waals surface area contributed by atoms with E-state index in [1.165, 1.54) is 19.3 Å². The zero-order chi connectivity index (χ0) is 16.7. The molecule has 0 atom stereocenters. The Balaban J connectivity index is 1.41. The first-order valence-corrected chi connectivity index (χ1v) is 8.42. The number of carbonyl (C=O) groups excluding carboxylic acids is 2. The fourth-order valence-corrected chi connectivity index (χ4v) is 5.17. The van der Waals surface area contributed by atoms with Crippen molar-refractivity contribution in [2.24, 2.45) is 23.2 Å². The van der Waals surface area contributed by atoms with E-state index in [1.54, 1.807) is 0 Å². The van der Waals surface area contributed by atoms with Crippen LogP contribution < -0.4 is 10.6 Å². The summed E-state index contributed by atoms with van der Waals surface area (Å²) < 4.78 is 36.1. The Morgan fingerprint density at radius 2 is 1.39 bits per heavy atom. The van der Waals surface area contributed by atoms with Gasteiger partial charge in [-0.05, 0) is 62.7 Å². The molecule has 0 aromatic heterocycles. The van der Waals surface area contributed by atoms with E-state index in [1.807, 2.05) is 5.32 Å². The minimum absolute atomic E-state index is 0.0683. The molecule has 4 nitrogen and oxygen atoms in total. The molecule has 4 bridgehead atoms. The number of hydrogen-bond acceptors (Lipinski definition) is 2. The topological polar surface area (TPSA) is 58.2 Å². The third-order valence-electron chi connectivity index (χ3n) is 5.70. The fraction of sp³-hybridized carbons (Fsp3) is 0.875. The van der Waals surface area contributed by atoms with Gasteiger partial charge in [-0.15, -0.1) is 0 Å². The van der Waals surface area contributed by atoms with E-state index >= 15 is 0 Å². The summed E-state index contributed by atoms with van der Waals surface area (Å²) in [4.78, 5) is 23.2. The lowest BCUT2D eigenvalue weighted by atomic mass is 9.49. The molecule has 23 heavy (non-hydrogen) atoms. The number of alkyl halides is 3. The molecule has 7 heteroatoms. The second-order valence-corrected chi connectivity index (χ2v) is 7.56. The lowest BCUT2D eigenvalue weighted by molar-refractivity contribution is -0.173. The molecule has 4 aliphatic carbocycles. The van der Waals surface area contributed by atoms with Crippen LogP contribution in [0.25, 0.3) is 0 Å². The highest BCUT2D eigenvalue weighted by atomic mass is 19.4. The number of amides is 2. The van der Waals surface area contributed by atoms with E-state index in [0.717, 1.165) is 19.3 Å². The number of nitrogens with one attached hydrogen (secondary N) is 2. The van der Waals surface area contributed by atoms with Gasteiger partial charge in [-0.1, -0.05) is 0 Å².